The monoisotopic (exact) mass is 373 g/mol. The minimum atomic E-state index is -1.71. The maximum Gasteiger partial charge on any atom is 0.184 e. The van der Waals surface area contributed by atoms with Crippen LogP contribution in [-0.4, -0.2) is 8.32 Å². The van der Waals surface area contributed by atoms with Gasteiger partial charge in [0.2, 0.25) is 0 Å². The van der Waals surface area contributed by atoms with E-state index >= 15 is 0 Å². The van der Waals surface area contributed by atoms with Crippen LogP contribution in [0.1, 0.15) is 25.5 Å². The lowest BCUT2D eigenvalue weighted by atomic mass is 9.84. The highest BCUT2D eigenvalue weighted by atomic mass is 127. The summed E-state index contributed by atoms with van der Waals surface area (Å²) >= 11 is 2.31. The van der Waals surface area contributed by atoms with Gasteiger partial charge in [-0.25, -0.2) is 0 Å². The lowest BCUT2D eigenvalue weighted by Gasteiger charge is -2.34. The molecule has 1 unspecified atom stereocenters. The second kappa shape index (κ2) is 5.72. The van der Waals surface area contributed by atoms with Gasteiger partial charge in [-0.05, 0) is 67.7 Å². The van der Waals surface area contributed by atoms with Crippen molar-refractivity contribution in [1.29, 1.82) is 5.26 Å². The van der Waals surface area contributed by atoms with Crippen LogP contribution in [0.2, 0.25) is 19.6 Å². The number of benzene rings is 1. The molecular weight excluding hydrogens is 353 g/mol. The first-order valence-electron chi connectivity index (χ1n) is 6.01. The van der Waals surface area contributed by atoms with Crippen LogP contribution in [0.5, 0.6) is 0 Å². The molecule has 1 atom stereocenters. The zero-order chi connectivity index (χ0) is 14.0. The SMILES string of the molecule is CC(C)(C#N)C(O[Si](C)(C)C)c1ccccc1I. The van der Waals surface area contributed by atoms with E-state index in [1.54, 1.807) is 0 Å². The Bertz CT molecular complexity index is 460. The van der Waals surface area contributed by atoms with Gasteiger partial charge in [0.25, 0.3) is 0 Å². The average molecular weight is 373 g/mol. The third kappa shape index (κ3) is 4.07. The predicted molar refractivity (Wildman–Crippen MR) is 85.7 cm³/mol. The smallest absolute Gasteiger partial charge is 0.184 e. The van der Waals surface area contributed by atoms with Crippen molar-refractivity contribution < 1.29 is 4.43 Å². The molecule has 0 saturated heterocycles. The van der Waals surface area contributed by atoms with Crippen LogP contribution in [0.15, 0.2) is 24.3 Å². The molecule has 18 heavy (non-hydrogen) atoms. The molecule has 0 aliphatic heterocycles. The Balaban J connectivity index is 3.23. The van der Waals surface area contributed by atoms with Crippen molar-refractivity contribution in [2.24, 2.45) is 5.41 Å². The van der Waals surface area contributed by atoms with E-state index in [1.807, 2.05) is 26.0 Å². The summed E-state index contributed by atoms with van der Waals surface area (Å²) in [6, 6.07) is 10.5. The molecule has 0 amide bonds. The number of hydrogen-bond acceptors (Lipinski definition) is 2. The molecule has 4 heteroatoms. The van der Waals surface area contributed by atoms with E-state index in [4.69, 9.17) is 4.43 Å². The Labute approximate surface area is 125 Å². The fourth-order valence-electron chi connectivity index (χ4n) is 1.70. The van der Waals surface area contributed by atoms with E-state index in [0.29, 0.717) is 0 Å². The summed E-state index contributed by atoms with van der Waals surface area (Å²) in [5, 5.41) is 9.40. The quantitative estimate of drug-likeness (QED) is 0.565. The molecule has 0 aliphatic carbocycles. The van der Waals surface area contributed by atoms with Gasteiger partial charge in [-0.1, -0.05) is 18.2 Å². The molecule has 1 rings (SSSR count). The molecule has 1 aromatic carbocycles. The molecule has 0 aromatic heterocycles. The normalized spacial score (nSPS) is 14.1. The number of nitriles is 1. The molecule has 0 spiro atoms. The molecule has 0 radical (unpaired) electrons. The summed E-state index contributed by atoms with van der Waals surface area (Å²) < 4.78 is 7.43. The molecule has 0 heterocycles. The fourth-order valence-corrected chi connectivity index (χ4v) is 3.50. The van der Waals surface area contributed by atoms with E-state index < -0.39 is 13.7 Å². The molecule has 98 valence electrons. The van der Waals surface area contributed by atoms with Crippen molar-refractivity contribution in [2.45, 2.75) is 39.6 Å². The Hall–Kier alpha value is -0.383. The lowest BCUT2D eigenvalue weighted by molar-refractivity contribution is 0.104. The zero-order valence-corrected chi connectivity index (χ0v) is 14.8. The van der Waals surface area contributed by atoms with E-state index in [-0.39, 0.29) is 6.10 Å². The van der Waals surface area contributed by atoms with Crippen LogP contribution in [-0.2, 0) is 4.43 Å². The van der Waals surface area contributed by atoms with Crippen LogP contribution in [0.3, 0.4) is 0 Å². The maximum atomic E-state index is 9.40. The Morgan fingerprint density at radius 3 is 2.28 bits per heavy atom. The minimum absolute atomic E-state index is 0.165. The fraction of sp³-hybridized carbons (Fsp3) is 0.500. The first kappa shape index (κ1) is 15.7. The summed E-state index contributed by atoms with van der Waals surface area (Å²) in [6.45, 7) is 10.4. The van der Waals surface area contributed by atoms with Crippen molar-refractivity contribution in [2.75, 3.05) is 0 Å². The summed E-state index contributed by atoms with van der Waals surface area (Å²) in [4.78, 5) is 0. The van der Waals surface area contributed by atoms with Gasteiger partial charge in [0, 0.05) is 3.57 Å². The predicted octanol–water partition coefficient (Wildman–Crippen LogP) is 4.73. The molecule has 2 nitrogen and oxygen atoms in total. The number of hydrogen-bond donors (Lipinski definition) is 0. The summed E-state index contributed by atoms with van der Waals surface area (Å²) in [5.74, 6) is 0. The first-order chi connectivity index (χ1) is 8.17. The van der Waals surface area contributed by atoms with Crippen molar-refractivity contribution in [3.8, 4) is 6.07 Å². The third-order valence-electron chi connectivity index (χ3n) is 2.60. The maximum absolute atomic E-state index is 9.40. The highest BCUT2D eigenvalue weighted by molar-refractivity contribution is 14.1. The topological polar surface area (TPSA) is 33.0 Å². The van der Waals surface area contributed by atoms with Crippen LogP contribution in [0, 0.1) is 20.3 Å². The Kier molecular flexibility index (Phi) is 4.98. The van der Waals surface area contributed by atoms with E-state index in [2.05, 4.69) is 60.4 Å². The second-order valence-corrected chi connectivity index (χ2v) is 11.6. The van der Waals surface area contributed by atoms with Crippen LogP contribution < -0.4 is 0 Å². The van der Waals surface area contributed by atoms with Crippen LogP contribution >= 0.6 is 22.6 Å². The van der Waals surface area contributed by atoms with Gasteiger partial charge >= 0.3 is 0 Å². The van der Waals surface area contributed by atoms with Gasteiger partial charge in [-0.2, -0.15) is 5.26 Å². The van der Waals surface area contributed by atoms with Gasteiger partial charge < -0.3 is 4.43 Å². The summed E-state index contributed by atoms with van der Waals surface area (Å²) in [7, 11) is -1.71. The summed E-state index contributed by atoms with van der Waals surface area (Å²) in [5.41, 5.74) is 0.591. The molecule has 0 N–H and O–H groups in total. The lowest BCUT2D eigenvalue weighted by Crippen LogP contribution is -2.34. The first-order valence-corrected chi connectivity index (χ1v) is 10.5. The van der Waals surface area contributed by atoms with Crippen molar-refractivity contribution in [3.63, 3.8) is 0 Å². The van der Waals surface area contributed by atoms with E-state index in [0.717, 1.165) is 9.13 Å². The third-order valence-corrected chi connectivity index (χ3v) is 4.53. The number of nitrogens with zero attached hydrogens (tertiary/aromatic N) is 1. The Morgan fingerprint density at radius 1 is 1.28 bits per heavy atom. The molecule has 1 aromatic rings. The molecule has 0 aliphatic rings. The van der Waals surface area contributed by atoms with Crippen LogP contribution in [0.25, 0.3) is 0 Å². The van der Waals surface area contributed by atoms with Crippen molar-refractivity contribution in [3.05, 3.63) is 33.4 Å². The van der Waals surface area contributed by atoms with E-state index in [9.17, 15) is 5.26 Å². The molecule has 0 saturated carbocycles. The van der Waals surface area contributed by atoms with Gasteiger partial charge in [-0.15, -0.1) is 0 Å². The van der Waals surface area contributed by atoms with E-state index in [1.165, 1.54) is 0 Å². The zero-order valence-electron chi connectivity index (χ0n) is 11.6. The van der Waals surface area contributed by atoms with Gasteiger partial charge in [0.1, 0.15) is 0 Å². The molecule has 0 bridgehead atoms. The highest BCUT2D eigenvalue weighted by Crippen LogP contribution is 2.39. The highest BCUT2D eigenvalue weighted by Gasteiger charge is 2.36. The largest absolute Gasteiger partial charge is 0.409 e. The minimum Gasteiger partial charge on any atom is -0.409 e. The molecule has 0 fully saturated rings. The van der Waals surface area contributed by atoms with Crippen LogP contribution in [0.4, 0.5) is 0 Å². The number of halogens is 1. The van der Waals surface area contributed by atoms with Crippen molar-refractivity contribution in [1.82, 2.24) is 0 Å². The van der Waals surface area contributed by atoms with Gasteiger partial charge in [0.05, 0.1) is 17.6 Å². The Morgan fingerprint density at radius 2 is 1.83 bits per heavy atom. The van der Waals surface area contributed by atoms with Gasteiger partial charge in [0.15, 0.2) is 8.32 Å². The second-order valence-electron chi connectivity index (χ2n) is 5.97. The number of rotatable bonds is 4. The standard InChI is InChI=1S/C14H20INOSi/c1-14(2,10-16)13(17-18(3,4)5)11-8-6-7-9-12(11)15/h6-9,13H,1-5H3. The van der Waals surface area contributed by atoms with Gasteiger partial charge in [-0.3, -0.25) is 0 Å². The summed E-state index contributed by atoms with van der Waals surface area (Å²) in [6.07, 6.45) is -0.165. The van der Waals surface area contributed by atoms with Crippen molar-refractivity contribution >= 4 is 30.9 Å². The average Bonchev–Trinajstić information content (AvgIpc) is 2.26. The molecular formula is C14H20INOSi.